The molecule has 5 nitrogen and oxygen atoms in total. The Morgan fingerprint density at radius 3 is 2.50 bits per heavy atom. The molecule has 0 radical (unpaired) electrons. The highest BCUT2D eigenvalue weighted by molar-refractivity contribution is 5.76. The van der Waals surface area contributed by atoms with Gasteiger partial charge in [-0.25, -0.2) is 4.98 Å². The number of nitrogens with zero attached hydrogens (tertiary/aromatic N) is 2. The molecule has 3 rings (SSSR count). The number of fused-ring (bicyclic) bond motifs is 1. The summed E-state index contributed by atoms with van der Waals surface area (Å²) in [6, 6.07) is 11.7. The van der Waals surface area contributed by atoms with E-state index >= 15 is 0 Å². The van der Waals surface area contributed by atoms with Crippen molar-refractivity contribution in [3.63, 3.8) is 0 Å². The van der Waals surface area contributed by atoms with Gasteiger partial charge in [0.05, 0.1) is 22.7 Å². The number of aromatic amines is 1. The van der Waals surface area contributed by atoms with Crippen molar-refractivity contribution in [2.24, 2.45) is 0 Å². The molecule has 1 atom stereocenters. The maximum atomic E-state index is 12.1. The van der Waals surface area contributed by atoms with E-state index in [0.29, 0.717) is 22.2 Å². The highest BCUT2D eigenvalue weighted by Gasteiger charge is 2.31. The predicted octanol–water partition coefficient (Wildman–Crippen LogP) is 3.41. The monoisotopic (exact) mass is 333 g/mol. The first-order valence-corrected chi connectivity index (χ1v) is 6.79. The lowest BCUT2D eigenvalue weighted by Gasteiger charge is -2.11. The van der Waals surface area contributed by atoms with Gasteiger partial charge in [0.15, 0.2) is 0 Å². The Morgan fingerprint density at radius 1 is 1.17 bits per heavy atom. The summed E-state index contributed by atoms with van der Waals surface area (Å²) in [6.45, 7) is 0. The van der Waals surface area contributed by atoms with E-state index in [-0.39, 0.29) is 11.6 Å². The number of H-pyrrole nitrogens is 1. The number of nitrogens with one attached hydrogen (secondary N) is 1. The van der Waals surface area contributed by atoms with E-state index in [1.807, 2.05) is 6.07 Å². The van der Waals surface area contributed by atoms with Gasteiger partial charge in [-0.3, -0.25) is 0 Å². The van der Waals surface area contributed by atoms with Crippen LogP contribution in [0.3, 0.4) is 0 Å². The molecule has 2 aromatic carbocycles. The van der Waals surface area contributed by atoms with Crippen molar-refractivity contribution in [2.45, 2.75) is 12.5 Å². The highest BCUT2D eigenvalue weighted by Crippen LogP contribution is 2.27. The molecule has 0 fully saturated rings. The zero-order valence-corrected chi connectivity index (χ0v) is 12.0. The third-order valence-corrected chi connectivity index (χ3v) is 3.32. The van der Waals surface area contributed by atoms with Crippen molar-refractivity contribution in [1.29, 1.82) is 5.26 Å². The average molecular weight is 333 g/mol. The standard InChI is InChI=1S/C16H10F3N3O2/c17-16(18,19)24-11-4-2-10(3-5-11)14(23)15-21-12-6-1-9(8-20)7-13(12)22-15/h1-7,14,23H,(H,21,22). The molecule has 0 aliphatic carbocycles. The van der Waals surface area contributed by atoms with Gasteiger partial charge in [0, 0.05) is 0 Å². The number of ether oxygens (including phenoxy) is 1. The molecule has 122 valence electrons. The predicted molar refractivity (Wildman–Crippen MR) is 78.0 cm³/mol. The molecule has 3 aromatic rings. The maximum absolute atomic E-state index is 12.1. The minimum absolute atomic E-state index is 0.226. The number of aromatic nitrogens is 2. The lowest BCUT2D eigenvalue weighted by atomic mass is 10.1. The highest BCUT2D eigenvalue weighted by atomic mass is 19.4. The number of rotatable bonds is 3. The Labute approximate surface area is 133 Å². The normalized spacial score (nSPS) is 12.8. The molecule has 1 aromatic heterocycles. The number of halogens is 3. The van der Waals surface area contributed by atoms with E-state index in [0.717, 1.165) is 12.1 Å². The number of imidazole rings is 1. The SMILES string of the molecule is N#Cc1ccc2[nH]c(C(O)c3ccc(OC(F)(F)F)cc3)nc2c1. The molecule has 0 saturated carbocycles. The molecule has 2 N–H and O–H groups in total. The summed E-state index contributed by atoms with van der Waals surface area (Å²) in [4.78, 5) is 7.13. The second kappa shape index (κ2) is 5.86. The minimum atomic E-state index is -4.77. The molecule has 0 spiro atoms. The number of alkyl halides is 3. The van der Waals surface area contributed by atoms with Crippen LogP contribution in [0, 0.1) is 11.3 Å². The Kier molecular flexibility index (Phi) is 3.87. The lowest BCUT2D eigenvalue weighted by molar-refractivity contribution is -0.274. The van der Waals surface area contributed by atoms with Crippen LogP contribution in [0.25, 0.3) is 11.0 Å². The lowest BCUT2D eigenvalue weighted by Crippen LogP contribution is -2.17. The van der Waals surface area contributed by atoms with Crippen LogP contribution in [-0.2, 0) is 0 Å². The second-order valence-corrected chi connectivity index (χ2v) is 4.99. The van der Waals surface area contributed by atoms with Crippen LogP contribution in [0.15, 0.2) is 42.5 Å². The van der Waals surface area contributed by atoms with Gasteiger partial charge >= 0.3 is 6.36 Å². The van der Waals surface area contributed by atoms with E-state index in [2.05, 4.69) is 14.7 Å². The van der Waals surface area contributed by atoms with Gasteiger partial charge in [0.1, 0.15) is 17.7 Å². The Hall–Kier alpha value is -3.05. The molecule has 0 aliphatic heterocycles. The quantitative estimate of drug-likeness (QED) is 0.769. The summed E-state index contributed by atoms with van der Waals surface area (Å²) in [6.07, 6.45) is -5.92. The summed E-state index contributed by atoms with van der Waals surface area (Å²) in [5.41, 5.74) is 1.94. The van der Waals surface area contributed by atoms with E-state index in [4.69, 9.17) is 5.26 Å². The summed E-state index contributed by atoms with van der Waals surface area (Å²) in [5, 5.41) is 19.2. The van der Waals surface area contributed by atoms with E-state index in [1.165, 1.54) is 12.1 Å². The van der Waals surface area contributed by atoms with Crippen molar-refractivity contribution in [3.05, 3.63) is 59.4 Å². The van der Waals surface area contributed by atoms with E-state index in [9.17, 15) is 18.3 Å². The van der Waals surface area contributed by atoms with Gasteiger partial charge in [0.2, 0.25) is 0 Å². The smallest absolute Gasteiger partial charge is 0.406 e. The average Bonchev–Trinajstić information content (AvgIpc) is 2.96. The van der Waals surface area contributed by atoms with Crippen molar-refractivity contribution in [1.82, 2.24) is 9.97 Å². The van der Waals surface area contributed by atoms with Crippen molar-refractivity contribution in [3.8, 4) is 11.8 Å². The Balaban J connectivity index is 1.86. The zero-order chi connectivity index (χ0) is 17.3. The van der Waals surface area contributed by atoms with Crippen LogP contribution < -0.4 is 4.74 Å². The first kappa shape index (κ1) is 15.8. The fourth-order valence-electron chi connectivity index (χ4n) is 2.23. The summed E-state index contributed by atoms with van der Waals surface area (Å²) in [7, 11) is 0. The number of nitriles is 1. The largest absolute Gasteiger partial charge is 0.573 e. The third kappa shape index (κ3) is 3.31. The molecule has 1 heterocycles. The van der Waals surface area contributed by atoms with Crippen LogP contribution in [0.1, 0.15) is 23.1 Å². The second-order valence-electron chi connectivity index (χ2n) is 4.99. The van der Waals surface area contributed by atoms with Crippen LogP contribution in [0.5, 0.6) is 5.75 Å². The van der Waals surface area contributed by atoms with E-state index < -0.39 is 12.5 Å². The number of benzene rings is 2. The molecular formula is C16H10F3N3O2. The molecule has 0 bridgehead atoms. The van der Waals surface area contributed by atoms with Crippen LogP contribution in [-0.4, -0.2) is 21.4 Å². The Morgan fingerprint density at radius 2 is 1.88 bits per heavy atom. The molecule has 1 unspecified atom stereocenters. The zero-order valence-electron chi connectivity index (χ0n) is 12.0. The summed E-state index contributed by atoms with van der Waals surface area (Å²) < 4.78 is 40.2. The Bertz CT molecular complexity index is 911. The topological polar surface area (TPSA) is 81.9 Å². The van der Waals surface area contributed by atoms with Gasteiger partial charge < -0.3 is 14.8 Å². The number of aliphatic hydroxyl groups excluding tert-OH is 1. The van der Waals surface area contributed by atoms with Gasteiger partial charge in [-0.05, 0) is 35.9 Å². The number of aliphatic hydroxyl groups is 1. The molecule has 24 heavy (non-hydrogen) atoms. The number of hydrogen-bond donors (Lipinski definition) is 2. The number of hydrogen-bond acceptors (Lipinski definition) is 4. The van der Waals surface area contributed by atoms with Crippen LogP contribution >= 0.6 is 0 Å². The molecular weight excluding hydrogens is 323 g/mol. The fourth-order valence-corrected chi connectivity index (χ4v) is 2.23. The van der Waals surface area contributed by atoms with E-state index in [1.54, 1.807) is 18.2 Å². The van der Waals surface area contributed by atoms with Gasteiger partial charge in [-0.15, -0.1) is 13.2 Å². The summed E-state index contributed by atoms with van der Waals surface area (Å²) in [5.74, 6) is -0.147. The van der Waals surface area contributed by atoms with Gasteiger partial charge in [0.25, 0.3) is 0 Å². The first-order valence-electron chi connectivity index (χ1n) is 6.79. The fraction of sp³-hybridized carbons (Fsp3) is 0.125. The van der Waals surface area contributed by atoms with Crippen LogP contribution in [0.4, 0.5) is 13.2 Å². The molecule has 0 saturated heterocycles. The third-order valence-electron chi connectivity index (χ3n) is 3.32. The summed E-state index contributed by atoms with van der Waals surface area (Å²) >= 11 is 0. The molecule has 8 heteroatoms. The van der Waals surface area contributed by atoms with Crippen LogP contribution in [0.2, 0.25) is 0 Å². The maximum Gasteiger partial charge on any atom is 0.573 e. The molecule has 0 amide bonds. The minimum Gasteiger partial charge on any atom is -0.406 e. The van der Waals surface area contributed by atoms with Crippen molar-refractivity contribution >= 4 is 11.0 Å². The first-order chi connectivity index (χ1) is 11.4. The van der Waals surface area contributed by atoms with Gasteiger partial charge in [-0.1, -0.05) is 12.1 Å². The molecule has 0 aliphatic rings. The van der Waals surface area contributed by atoms with Gasteiger partial charge in [-0.2, -0.15) is 5.26 Å². The van der Waals surface area contributed by atoms with Crippen molar-refractivity contribution < 1.29 is 23.0 Å². The van der Waals surface area contributed by atoms with Crippen molar-refractivity contribution in [2.75, 3.05) is 0 Å².